The lowest BCUT2D eigenvalue weighted by molar-refractivity contribution is -0.106. The molecule has 4 heterocycles. The molecule has 40 heavy (non-hydrogen) atoms. The zero-order chi connectivity index (χ0) is 28.5. The summed E-state index contributed by atoms with van der Waals surface area (Å²) in [6, 6.07) is 11.4. The topological polar surface area (TPSA) is 123 Å². The number of thiophene rings is 1. The Balaban J connectivity index is 1.47. The van der Waals surface area contributed by atoms with E-state index >= 15 is 0 Å². The Morgan fingerprint density at radius 2 is 1.98 bits per heavy atom. The number of aryl methyl sites for hydroxylation is 2. The van der Waals surface area contributed by atoms with Crippen LogP contribution in [0.3, 0.4) is 0 Å². The number of benzene rings is 1. The number of halogens is 3. The number of pyridine rings is 1. The fraction of sp³-hybridized carbons (Fsp3) is 0.200. The largest absolute Gasteiger partial charge is 0.443 e. The summed E-state index contributed by atoms with van der Waals surface area (Å²) in [6.07, 6.45) is 1.84. The van der Waals surface area contributed by atoms with Gasteiger partial charge in [-0.3, -0.25) is 19.4 Å². The number of anilines is 2. The summed E-state index contributed by atoms with van der Waals surface area (Å²) in [5.41, 5.74) is 1.78. The third kappa shape index (κ3) is 5.99. The standard InChI is InChI=1S/C25H21F3N6O4S2/c1-33(40(36,37)14-25(26,27)28)17-4-5-19-18(11-17)31-24(34(19)10-8-16-3-2-9-29-12-16)32-23(35)22-7-6-21(39-22)20-13-30-15-38-20/h2-7,9,11-13,15H,8,10,14H2,1H3,(H,31,32,35). The third-order valence-electron chi connectivity index (χ3n) is 5.94. The molecule has 0 unspecified atom stereocenters. The first-order valence-electron chi connectivity index (χ1n) is 11.7. The Morgan fingerprint density at radius 1 is 1.15 bits per heavy atom. The first kappa shape index (κ1) is 27.3. The van der Waals surface area contributed by atoms with Crippen molar-refractivity contribution in [3.05, 3.63) is 77.9 Å². The number of aromatic nitrogens is 4. The number of amides is 1. The number of rotatable bonds is 9. The van der Waals surface area contributed by atoms with Crippen molar-refractivity contribution in [1.29, 1.82) is 0 Å². The van der Waals surface area contributed by atoms with E-state index in [-0.39, 0.29) is 11.6 Å². The summed E-state index contributed by atoms with van der Waals surface area (Å²) in [4.78, 5) is 26.7. The molecule has 0 aliphatic rings. The van der Waals surface area contributed by atoms with Crippen molar-refractivity contribution in [2.75, 3.05) is 22.4 Å². The molecule has 0 aliphatic carbocycles. The molecule has 1 N–H and O–H groups in total. The summed E-state index contributed by atoms with van der Waals surface area (Å²) in [7, 11) is -3.63. The Labute approximate surface area is 230 Å². The lowest BCUT2D eigenvalue weighted by Crippen LogP contribution is -2.35. The molecule has 1 aromatic carbocycles. The van der Waals surface area contributed by atoms with Gasteiger partial charge in [0.2, 0.25) is 16.0 Å². The molecule has 0 fully saturated rings. The number of fused-ring (bicyclic) bond motifs is 1. The third-order valence-corrected chi connectivity index (χ3v) is 8.77. The van der Waals surface area contributed by atoms with E-state index in [4.69, 9.17) is 4.42 Å². The predicted octanol–water partition coefficient (Wildman–Crippen LogP) is 4.97. The lowest BCUT2D eigenvalue weighted by atomic mass is 10.2. The molecular formula is C25H21F3N6O4S2. The van der Waals surface area contributed by atoms with E-state index in [2.05, 4.69) is 20.3 Å². The maximum Gasteiger partial charge on any atom is 0.404 e. The number of imidazole rings is 1. The SMILES string of the molecule is CN(c1ccc2c(c1)nc(NC(=O)c1ccc(-c3cnco3)s1)n2CCc1cccnc1)S(=O)(=O)CC(F)(F)F. The molecule has 0 saturated heterocycles. The van der Waals surface area contributed by atoms with Crippen LogP contribution in [0.25, 0.3) is 21.7 Å². The van der Waals surface area contributed by atoms with Crippen molar-refractivity contribution < 1.29 is 30.8 Å². The fourth-order valence-electron chi connectivity index (χ4n) is 3.98. The Hall–Kier alpha value is -4.24. The van der Waals surface area contributed by atoms with Crippen LogP contribution in [-0.2, 0) is 23.0 Å². The lowest BCUT2D eigenvalue weighted by Gasteiger charge is -2.20. The van der Waals surface area contributed by atoms with E-state index < -0.39 is 27.9 Å². The van der Waals surface area contributed by atoms with Gasteiger partial charge in [-0.05, 0) is 48.4 Å². The average molecular weight is 591 g/mol. The van der Waals surface area contributed by atoms with Crippen molar-refractivity contribution >= 4 is 49.9 Å². The highest BCUT2D eigenvalue weighted by Gasteiger charge is 2.37. The monoisotopic (exact) mass is 590 g/mol. The number of nitrogens with zero attached hydrogens (tertiary/aromatic N) is 5. The minimum atomic E-state index is -4.89. The summed E-state index contributed by atoms with van der Waals surface area (Å²) in [6.45, 7) is 0.382. The molecule has 0 bridgehead atoms. The van der Waals surface area contributed by atoms with Gasteiger partial charge in [0.25, 0.3) is 5.91 Å². The fourth-order valence-corrected chi connectivity index (χ4v) is 5.88. The minimum absolute atomic E-state index is 0.00138. The summed E-state index contributed by atoms with van der Waals surface area (Å²) >= 11 is 1.20. The summed E-state index contributed by atoms with van der Waals surface area (Å²) < 4.78 is 70.7. The number of hydrogen-bond acceptors (Lipinski definition) is 8. The number of hydrogen-bond donors (Lipinski definition) is 1. The first-order valence-corrected chi connectivity index (χ1v) is 14.2. The van der Waals surface area contributed by atoms with E-state index in [1.807, 2.05) is 6.07 Å². The van der Waals surface area contributed by atoms with Crippen molar-refractivity contribution in [3.8, 4) is 10.6 Å². The van der Waals surface area contributed by atoms with Gasteiger partial charge >= 0.3 is 6.18 Å². The second-order valence-corrected chi connectivity index (χ2v) is 11.8. The van der Waals surface area contributed by atoms with Crippen LogP contribution in [-0.4, -0.2) is 52.8 Å². The van der Waals surface area contributed by atoms with Gasteiger partial charge in [-0.2, -0.15) is 13.2 Å². The molecular weight excluding hydrogens is 569 g/mol. The highest BCUT2D eigenvalue weighted by molar-refractivity contribution is 7.92. The van der Waals surface area contributed by atoms with E-state index in [0.717, 1.165) is 12.6 Å². The molecule has 15 heteroatoms. The molecule has 208 valence electrons. The van der Waals surface area contributed by atoms with Gasteiger partial charge in [-0.1, -0.05) is 6.07 Å². The van der Waals surface area contributed by atoms with Gasteiger partial charge in [0.1, 0.15) is 0 Å². The van der Waals surface area contributed by atoms with E-state index in [0.29, 0.717) is 43.8 Å². The van der Waals surface area contributed by atoms with Crippen LogP contribution < -0.4 is 9.62 Å². The predicted molar refractivity (Wildman–Crippen MR) is 144 cm³/mol. The van der Waals surface area contributed by atoms with Crippen LogP contribution in [0.5, 0.6) is 0 Å². The molecule has 5 rings (SSSR count). The highest BCUT2D eigenvalue weighted by Crippen LogP contribution is 2.30. The molecule has 1 amide bonds. The normalized spacial score (nSPS) is 12.1. The van der Waals surface area contributed by atoms with Crippen LogP contribution >= 0.6 is 11.3 Å². The van der Waals surface area contributed by atoms with Crippen LogP contribution in [0.2, 0.25) is 0 Å². The Kier molecular flexibility index (Phi) is 7.33. The van der Waals surface area contributed by atoms with Crippen molar-refractivity contribution in [1.82, 2.24) is 19.5 Å². The zero-order valence-electron chi connectivity index (χ0n) is 20.8. The van der Waals surface area contributed by atoms with Gasteiger partial charge in [-0.15, -0.1) is 11.3 Å². The summed E-state index contributed by atoms with van der Waals surface area (Å²) in [5, 5.41) is 2.80. The number of sulfonamides is 1. The maximum atomic E-state index is 13.1. The molecule has 0 aliphatic heterocycles. The van der Waals surface area contributed by atoms with Crippen LogP contribution in [0.4, 0.5) is 24.8 Å². The zero-order valence-corrected chi connectivity index (χ0v) is 22.4. The van der Waals surface area contributed by atoms with Gasteiger partial charge < -0.3 is 8.98 Å². The van der Waals surface area contributed by atoms with Crippen LogP contribution in [0.1, 0.15) is 15.2 Å². The number of oxazole rings is 1. The second kappa shape index (κ2) is 10.7. The molecule has 0 saturated carbocycles. The molecule has 0 radical (unpaired) electrons. The summed E-state index contributed by atoms with van der Waals surface area (Å²) in [5.74, 6) is -1.72. The van der Waals surface area contributed by atoms with Gasteiger partial charge in [0.15, 0.2) is 17.9 Å². The Bertz CT molecular complexity index is 1750. The van der Waals surface area contributed by atoms with Crippen LogP contribution in [0, 0.1) is 0 Å². The van der Waals surface area contributed by atoms with Crippen molar-refractivity contribution in [3.63, 3.8) is 0 Å². The number of carbonyl (C=O) groups excluding carboxylic acids is 1. The highest BCUT2D eigenvalue weighted by atomic mass is 32.2. The van der Waals surface area contributed by atoms with Gasteiger partial charge in [0, 0.05) is 26.0 Å². The van der Waals surface area contributed by atoms with Crippen molar-refractivity contribution in [2.45, 2.75) is 19.1 Å². The molecule has 0 atom stereocenters. The van der Waals surface area contributed by atoms with E-state index in [1.54, 1.807) is 41.2 Å². The van der Waals surface area contributed by atoms with Gasteiger partial charge in [0.05, 0.1) is 32.7 Å². The van der Waals surface area contributed by atoms with E-state index in [1.165, 1.54) is 36.1 Å². The smallest absolute Gasteiger partial charge is 0.404 e. The van der Waals surface area contributed by atoms with Crippen molar-refractivity contribution in [2.24, 2.45) is 0 Å². The number of carbonyl (C=O) groups is 1. The number of alkyl halides is 3. The molecule has 0 spiro atoms. The quantitative estimate of drug-likeness (QED) is 0.257. The van der Waals surface area contributed by atoms with Crippen LogP contribution in [0.15, 0.2) is 71.9 Å². The average Bonchev–Trinajstić information content (AvgIpc) is 3.66. The molecule has 5 aromatic rings. The van der Waals surface area contributed by atoms with E-state index in [9.17, 15) is 26.4 Å². The second-order valence-electron chi connectivity index (χ2n) is 8.69. The molecule has 10 nitrogen and oxygen atoms in total. The van der Waals surface area contributed by atoms with Gasteiger partial charge in [-0.25, -0.2) is 18.4 Å². The Morgan fingerprint density at radius 3 is 2.67 bits per heavy atom. The minimum Gasteiger partial charge on any atom is -0.443 e. The first-order chi connectivity index (χ1) is 19.0. The maximum absolute atomic E-state index is 13.1. The molecule has 4 aromatic heterocycles. The number of nitrogens with one attached hydrogen (secondary N) is 1.